The molecule has 1 aromatic rings. The van der Waals surface area contributed by atoms with Crippen LogP contribution < -0.4 is 5.32 Å². The van der Waals surface area contributed by atoms with E-state index in [4.69, 9.17) is 0 Å². The summed E-state index contributed by atoms with van der Waals surface area (Å²) in [6, 6.07) is 1.49. The molecule has 0 radical (unpaired) electrons. The average Bonchev–Trinajstić information content (AvgIpc) is 2.37. The average molecular weight is 286 g/mol. The lowest BCUT2D eigenvalue weighted by Gasteiger charge is -2.26. The Morgan fingerprint density at radius 3 is 2.75 bits per heavy atom. The van der Waals surface area contributed by atoms with E-state index < -0.39 is 22.2 Å². The number of nitrogens with zero attached hydrogens (tertiary/aromatic N) is 1. The molecule has 2 unspecified atom stereocenters. The molecule has 0 heterocycles. The van der Waals surface area contributed by atoms with Crippen LogP contribution in [0.5, 0.6) is 0 Å². The lowest BCUT2D eigenvalue weighted by Crippen LogP contribution is -2.35. The van der Waals surface area contributed by atoms with E-state index in [0.29, 0.717) is 12.5 Å². The zero-order valence-electron chi connectivity index (χ0n) is 10.8. The van der Waals surface area contributed by atoms with Crippen LogP contribution in [0.25, 0.3) is 0 Å². The minimum Gasteiger partial charge on any atom is -0.393 e. The molecule has 5 nitrogen and oxygen atoms in total. The molecular weight excluding hydrogens is 270 g/mol. The van der Waals surface area contributed by atoms with Crippen molar-refractivity contribution >= 4 is 5.69 Å². The van der Waals surface area contributed by atoms with Crippen LogP contribution in [0.1, 0.15) is 31.2 Å². The maximum Gasteiger partial charge on any atom is 0.305 e. The van der Waals surface area contributed by atoms with Gasteiger partial charge in [-0.2, -0.15) is 4.39 Å². The summed E-state index contributed by atoms with van der Waals surface area (Å²) in [5.74, 6) is -1.98. The van der Waals surface area contributed by atoms with Crippen molar-refractivity contribution in [3.8, 4) is 0 Å². The highest BCUT2D eigenvalue weighted by atomic mass is 19.1. The molecule has 0 bridgehead atoms. The first-order chi connectivity index (χ1) is 9.47. The summed E-state index contributed by atoms with van der Waals surface area (Å²) < 4.78 is 26.8. The standard InChI is InChI=1S/C13H16F2N2O3/c14-11-6-12(15)13(17(19)20)4-8(11)7-16-9-2-1-3-10(18)5-9/h4,6,9-10,16,18H,1-3,5,7H2. The molecular formula is C13H16F2N2O3. The molecule has 1 aliphatic carbocycles. The lowest BCUT2D eigenvalue weighted by atomic mass is 9.93. The summed E-state index contributed by atoms with van der Waals surface area (Å²) in [5, 5.41) is 23.2. The predicted octanol–water partition coefficient (Wildman–Crippen LogP) is 2.27. The molecule has 1 fully saturated rings. The summed E-state index contributed by atoms with van der Waals surface area (Å²) in [4.78, 5) is 9.75. The number of aliphatic hydroxyl groups is 1. The number of hydrogen-bond acceptors (Lipinski definition) is 4. The third-order valence-corrected chi connectivity index (χ3v) is 3.54. The Morgan fingerprint density at radius 2 is 2.10 bits per heavy atom. The van der Waals surface area contributed by atoms with Crippen LogP contribution in [0.15, 0.2) is 12.1 Å². The van der Waals surface area contributed by atoms with Gasteiger partial charge in [0.05, 0.1) is 11.0 Å². The van der Waals surface area contributed by atoms with Crippen LogP contribution in [-0.4, -0.2) is 22.2 Å². The Hall–Kier alpha value is -1.60. The van der Waals surface area contributed by atoms with Gasteiger partial charge in [0.15, 0.2) is 0 Å². The highest BCUT2D eigenvalue weighted by Gasteiger charge is 2.22. The lowest BCUT2D eigenvalue weighted by molar-refractivity contribution is -0.387. The summed E-state index contributed by atoms with van der Waals surface area (Å²) in [5.41, 5.74) is -0.676. The first-order valence-electron chi connectivity index (χ1n) is 6.51. The minimum absolute atomic E-state index is 0.0438. The van der Waals surface area contributed by atoms with E-state index in [1.54, 1.807) is 0 Å². The van der Waals surface area contributed by atoms with Crippen LogP contribution in [0, 0.1) is 21.7 Å². The summed E-state index contributed by atoms with van der Waals surface area (Å²) in [7, 11) is 0. The maximum atomic E-state index is 13.6. The van der Waals surface area contributed by atoms with Crippen molar-refractivity contribution in [1.29, 1.82) is 0 Å². The number of aliphatic hydroxyl groups excluding tert-OH is 1. The van der Waals surface area contributed by atoms with E-state index in [2.05, 4.69) is 5.32 Å². The normalized spacial score (nSPS) is 22.8. The first-order valence-corrected chi connectivity index (χ1v) is 6.51. The Labute approximate surface area is 114 Å². The monoisotopic (exact) mass is 286 g/mol. The molecule has 2 rings (SSSR count). The number of benzene rings is 1. The van der Waals surface area contributed by atoms with E-state index >= 15 is 0 Å². The fourth-order valence-electron chi connectivity index (χ4n) is 2.46. The van der Waals surface area contributed by atoms with Crippen LogP contribution in [0.3, 0.4) is 0 Å². The van der Waals surface area contributed by atoms with Gasteiger partial charge in [-0.15, -0.1) is 0 Å². The molecule has 1 aromatic carbocycles. The van der Waals surface area contributed by atoms with Gasteiger partial charge in [-0.25, -0.2) is 4.39 Å². The van der Waals surface area contributed by atoms with E-state index in [1.165, 1.54) is 0 Å². The van der Waals surface area contributed by atoms with E-state index in [1.807, 2.05) is 0 Å². The number of nitro benzene ring substituents is 1. The SMILES string of the molecule is O=[N+]([O-])c1cc(CNC2CCCC(O)C2)c(F)cc1F. The third-order valence-electron chi connectivity index (χ3n) is 3.54. The van der Waals surface area contributed by atoms with Crippen molar-refractivity contribution < 1.29 is 18.8 Å². The van der Waals surface area contributed by atoms with Gasteiger partial charge in [0.25, 0.3) is 0 Å². The molecule has 0 amide bonds. The largest absolute Gasteiger partial charge is 0.393 e. The Kier molecular flexibility index (Phi) is 4.61. The molecule has 1 aliphatic rings. The van der Waals surface area contributed by atoms with Gasteiger partial charge in [-0.3, -0.25) is 10.1 Å². The van der Waals surface area contributed by atoms with Crippen LogP contribution in [0.4, 0.5) is 14.5 Å². The Bertz CT molecular complexity index is 511. The second kappa shape index (κ2) is 6.23. The molecule has 0 aromatic heterocycles. The van der Waals surface area contributed by atoms with Gasteiger partial charge in [0.2, 0.25) is 5.82 Å². The van der Waals surface area contributed by atoms with Crippen molar-refractivity contribution in [3.05, 3.63) is 39.4 Å². The van der Waals surface area contributed by atoms with Gasteiger partial charge >= 0.3 is 5.69 Å². The van der Waals surface area contributed by atoms with Gasteiger partial charge in [0, 0.05) is 30.3 Å². The molecule has 2 atom stereocenters. The summed E-state index contributed by atoms with van der Waals surface area (Å²) in [6.45, 7) is 0.0737. The molecule has 0 spiro atoms. The van der Waals surface area contributed by atoms with E-state index in [-0.39, 0.29) is 24.3 Å². The number of nitrogens with one attached hydrogen (secondary N) is 1. The maximum absolute atomic E-state index is 13.6. The number of hydrogen-bond donors (Lipinski definition) is 2. The second-order valence-corrected chi connectivity index (χ2v) is 5.05. The smallest absolute Gasteiger partial charge is 0.305 e. The van der Waals surface area contributed by atoms with Crippen molar-refractivity contribution in [2.24, 2.45) is 0 Å². The van der Waals surface area contributed by atoms with Crippen LogP contribution in [0.2, 0.25) is 0 Å². The van der Waals surface area contributed by atoms with Crippen LogP contribution >= 0.6 is 0 Å². The Balaban J connectivity index is 2.05. The minimum atomic E-state index is -1.18. The molecule has 20 heavy (non-hydrogen) atoms. The zero-order valence-corrected chi connectivity index (χ0v) is 10.8. The molecule has 2 N–H and O–H groups in total. The van der Waals surface area contributed by atoms with Crippen molar-refractivity contribution in [2.75, 3.05) is 0 Å². The van der Waals surface area contributed by atoms with Crippen molar-refractivity contribution in [1.82, 2.24) is 5.32 Å². The second-order valence-electron chi connectivity index (χ2n) is 5.05. The van der Waals surface area contributed by atoms with E-state index in [9.17, 15) is 24.0 Å². The molecule has 110 valence electrons. The summed E-state index contributed by atoms with van der Waals surface area (Å²) in [6.07, 6.45) is 2.71. The highest BCUT2D eigenvalue weighted by molar-refractivity contribution is 5.37. The first kappa shape index (κ1) is 14.8. The van der Waals surface area contributed by atoms with Gasteiger partial charge in [0.1, 0.15) is 5.82 Å². The van der Waals surface area contributed by atoms with Crippen LogP contribution in [-0.2, 0) is 6.54 Å². The molecule has 0 aliphatic heterocycles. The third kappa shape index (κ3) is 3.49. The zero-order chi connectivity index (χ0) is 14.7. The molecule has 7 heteroatoms. The van der Waals surface area contributed by atoms with Gasteiger partial charge in [-0.05, 0) is 25.7 Å². The Morgan fingerprint density at radius 1 is 1.35 bits per heavy atom. The summed E-state index contributed by atoms with van der Waals surface area (Å²) >= 11 is 0. The highest BCUT2D eigenvalue weighted by Crippen LogP contribution is 2.23. The number of rotatable bonds is 4. The predicted molar refractivity (Wildman–Crippen MR) is 68.1 cm³/mol. The fourth-order valence-corrected chi connectivity index (χ4v) is 2.46. The van der Waals surface area contributed by atoms with Gasteiger partial charge < -0.3 is 10.4 Å². The number of halogens is 2. The van der Waals surface area contributed by atoms with E-state index in [0.717, 1.165) is 25.3 Å². The fraction of sp³-hybridized carbons (Fsp3) is 0.538. The number of nitro groups is 1. The van der Waals surface area contributed by atoms with Gasteiger partial charge in [-0.1, -0.05) is 0 Å². The topological polar surface area (TPSA) is 75.4 Å². The quantitative estimate of drug-likeness (QED) is 0.657. The molecule has 1 saturated carbocycles. The van der Waals surface area contributed by atoms with Crippen molar-refractivity contribution in [3.63, 3.8) is 0 Å². The molecule has 0 saturated heterocycles. The van der Waals surface area contributed by atoms with Crippen molar-refractivity contribution in [2.45, 2.75) is 44.4 Å².